The lowest BCUT2D eigenvalue weighted by Gasteiger charge is -2.12. The third-order valence-corrected chi connectivity index (χ3v) is 4.55. The van der Waals surface area contributed by atoms with Gasteiger partial charge in [-0.3, -0.25) is 0 Å². The van der Waals surface area contributed by atoms with Crippen LogP contribution in [-0.4, -0.2) is 8.42 Å². The highest BCUT2D eigenvalue weighted by Crippen LogP contribution is 2.25. The molecule has 0 saturated carbocycles. The van der Waals surface area contributed by atoms with Crippen molar-refractivity contribution in [3.8, 4) is 5.75 Å². The minimum absolute atomic E-state index is 0.0123. The fraction of sp³-hybridized carbons (Fsp3) is 0.200. The minimum Gasteiger partial charge on any atom is -0.486 e. The fourth-order valence-electron chi connectivity index (χ4n) is 1.98. The Bertz CT molecular complexity index is 752. The maximum absolute atomic E-state index is 13.8. The molecule has 112 valence electrons. The molecular formula is C15H14ClFO3S. The van der Waals surface area contributed by atoms with Crippen LogP contribution < -0.4 is 4.74 Å². The third kappa shape index (κ3) is 3.74. The summed E-state index contributed by atoms with van der Waals surface area (Å²) in [6.07, 6.45) is 0. The van der Waals surface area contributed by atoms with Crippen molar-refractivity contribution in [1.29, 1.82) is 0 Å². The van der Waals surface area contributed by atoms with Crippen LogP contribution >= 0.6 is 10.7 Å². The molecular weight excluding hydrogens is 315 g/mol. The highest BCUT2D eigenvalue weighted by atomic mass is 35.7. The molecule has 3 nitrogen and oxygen atoms in total. The molecule has 0 aliphatic rings. The van der Waals surface area contributed by atoms with E-state index in [-0.39, 0.29) is 17.3 Å². The van der Waals surface area contributed by atoms with Crippen LogP contribution in [0.2, 0.25) is 0 Å². The summed E-state index contributed by atoms with van der Waals surface area (Å²) >= 11 is 0. The molecule has 0 unspecified atom stereocenters. The van der Waals surface area contributed by atoms with Crippen LogP contribution in [0.5, 0.6) is 5.75 Å². The van der Waals surface area contributed by atoms with E-state index < -0.39 is 14.9 Å². The maximum atomic E-state index is 13.8. The third-order valence-electron chi connectivity index (χ3n) is 3.20. The number of hydrogen-bond donors (Lipinski definition) is 0. The first kappa shape index (κ1) is 15.8. The Morgan fingerprint density at radius 3 is 2.29 bits per heavy atom. The summed E-state index contributed by atoms with van der Waals surface area (Å²) in [5, 5.41) is 0. The average molecular weight is 329 g/mol. The second-order valence-electron chi connectivity index (χ2n) is 4.69. The number of ether oxygens (including phenoxy) is 1. The van der Waals surface area contributed by atoms with E-state index in [1.54, 1.807) is 0 Å². The highest BCUT2D eigenvalue weighted by Gasteiger charge is 2.14. The van der Waals surface area contributed by atoms with Gasteiger partial charge in [0, 0.05) is 10.7 Å². The summed E-state index contributed by atoms with van der Waals surface area (Å²) in [5.41, 5.74) is 3.08. The number of hydrogen-bond acceptors (Lipinski definition) is 3. The number of benzene rings is 2. The Balaban J connectivity index is 2.22. The van der Waals surface area contributed by atoms with Crippen LogP contribution in [0.3, 0.4) is 0 Å². The zero-order valence-electron chi connectivity index (χ0n) is 11.6. The van der Waals surface area contributed by atoms with Gasteiger partial charge in [-0.05, 0) is 48.7 Å². The van der Waals surface area contributed by atoms with E-state index in [9.17, 15) is 12.8 Å². The second-order valence-corrected chi connectivity index (χ2v) is 7.26. The topological polar surface area (TPSA) is 43.4 Å². The molecule has 0 saturated heterocycles. The standard InChI is InChI=1S/C15H14ClFO3S/c1-10-4-3-5-11(2)13(10)9-20-15-7-6-12(8-14(15)17)21(16,18)19/h3-8H,9H2,1-2H3. The molecule has 2 rings (SSSR count). The van der Waals surface area contributed by atoms with Gasteiger partial charge in [0.25, 0.3) is 9.05 Å². The van der Waals surface area contributed by atoms with Crippen LogP contribution in [0.25, 0.3) is 0 Å². The largest absolute Gasteiger partial charge is 0.486 e. The first-order valence-electron chi connectivity index (χ1n) is 6.21. The summed E-state index contributed by atoms with van der Waals surface area (Å²) < 4.78 is 41.5. The van der Waals surface area contributed by atoms with E-state index in [0.29, 0.717) is 0 Å². The number of aryl methyl sites for hydroxylation is 2. The molecule has 0 amide bonds. The molecule has 0 atom stereocenters. The van der Waals surface area contributed by atoms with Gasteiger partial charge in [-0.15, -0.1) is 0 Å². The van der Waals surface area contributed by atoms with Crippen LogP contribution in [0, 0.1) is 19.7 Å². The van der Waals surface area contributed by atoms with Gasteiger partial charge in [-0.1, -0.05) is 18.2 Å². The van der Waals surface area contributed by atoms with Crippen molar-refractivity contribution >= 4 is 19.7 Å². The van der Waals surface area contributed by atoms with E-state index >= 15 is 0 Å². The van der Waals surface area contributed by atoms with Crippen LogP contribution in [-0.2, 0) is 15.7 Å². The van der Waals surface area contributed by atoms with E-state index in [1.165, 1.54) is 12.1 Å². The van der Waals surface area contributed by atoms with Gasteiger partial charge in [-0.2, -0.15) is 0 Å². The number of halogens is 2. The van der Waals surface area contributed by atoms with Gasteiger partial charge in [0.05, 0.1) is 4.90 Å². The Labute approximate surface area is 127 Å². The van der Waals surface area contributed by atoms with Crippen molar-refractivity contribution in [3.63, 3.8) is 0 Å². The van der Waals surface area contributed by atoms with Crippen LogP contribution in [0.1, 0.15) is 16.7 Å². The molecule has 0 N–H and O–H groups in total. The SMILES string of the molecule is Cc1cccc(C)c1COc1ccc(S(=O)(=O)Cl)cc1F. The van der Waals surface area contributed by atoms with E-state index in [1.807, 2.05) is 32.0 Å². The summed E-state index contributed by atoms with van der Waals surface area (Å²) in [6.45, 7) is 4.11. The summed E-state index contributed by atoms with van der Waals surface area (Å²) in [7, 11) is 1.22. The van der Waals surface area contributed by atoms with Crippen molar-refractivity contribution in [1.82, 2.24) is 0 Å². The predicted octanol–water partition coefficient (Wildman–Crippen LogP) is 3.95. The first-order valence-corrected chi connectivity index (χ1v) is 8.52. The molecule has 6 heteroatoms. The molecule has 0 heterocycles. The zero-order chi connectivity index (χ0) is 15.6. The van der Waals surface area contributed by atoms with Gasteiger partial charge in [0.2, 0.25) is 0 Å². The van der Waals surface area contributed by atoms with Crippen molar-refractivity contribution in [2.75, 3.05) is 0 Å². The highest BCUT2D eigenvalue weighted by molar-refractivity contribution is 8.13. The van der Waals surface area contributed by atoms with Crippen LogP contribution in [0.15, 0.2) is 41.3 Å². The lowest BCUT2D eigenvalue weighted by molar-refractivity contribution is 0.288. The lowest BCUT2D eigenvalue weighted by Crippen LogP contribution is -2.02. The summed E-state index contributed by atoms with van der Waals surface area (Å²) in [4.78, 5) is -0.291. The molecule has 21 heavy (non-hydrogen) atoms. The molecule has 2 aromatic carbocycles. The van der Waals surface area contributed by atoms with Crippen LogP contribution in [0.4, 0.5) is 4.39 Å². The van der Waals surface area contributed by atoms with Crippen molar-refractivity contribution in [2.45, 2.75) is 25.3 Å². The predicted molar refractivity (Wildman–Crippen MR) is 79.7 cm³/mol. The molecule has 0 aromatic heterocycles. The molecule has 0 radical (unpaired) electrons. The molecule has 0 spiro atoms. The average Bonchev–Trinajstić information content (AvgIpc) is 2.38. The van der Waals surface area contributed by atoms with Crippen molar-refractivity contribution in [3.05, 3.63) is 58.9 Å². The van der Waals surface area contributed by atoms with Crippen molar-refractivity contribution < 1.29 is 17.5 Å². The maximum Gasteiger partial charge on any atom is 0.261 e. The zero-order valence-corrected chi connectivity index (χ0v) is 13.1. The van der Waals surface area contributed by atoms with Gasteiger partial charge >= 0.3 is 0 Å². The van der Waals surface area contributed by atoms with Gasteiger partial charge < -0.3 is 4.74 Å². The number of rotatable bonds is 4. The molecule has 0 fully saturated rings. The summed E-state index contributed by atoms with van der Waals surface area (Å²) in [5.74, 6) is -0.773. The Morgan fingerprint density at radius 2 is 1.76 bits per heavy atom. The van der Waals surface area contributed by atoms with E-state index in [4.69, 9.17) is 15.4 Å². The van der Waals surface area contributed by atoms with Gasteiger partial charge in [-0.25, -0.2) is 12.8 Å². The minimum atomic E-state index is -3.95. The molecule has 0 bridgehead atoms. The Kier molecular flexibility index (Phi) is 4.54. The molecule has 2 aromatic rings. The smallest absolute Gasteiger partial charge is 0.261 e. The molecule has 0 aliphatic carbocycles. The normalized spacial score (nSPS) is 11.4. The Hall–Kier alpha value is -1.59. The fourth-order valence-corrected chi connectivity index (χ4v) is 2.74. The summed E-state index contributed by atoms with van der Waals surface area (Å²) in [6, 6.07) is 9.16. The first-order chi connectivity index (χ1) is 9.79. The van der Waals surface area contributed by atoms with Crippen molar-refractivity contribution in [2.24, 2.45) is 0 Å². The molecule has 0 aliphatic heterocycles. The van der Waals surface area contributed by atoms with E-state index in [0.717, 1.165) is 22.8 Å². The monoisotopic (exact) mass is 328 g/mol. The van der Waals surface area contributed by atoms with Gasteiger partial charge in [0.15, 0.2) is 11.6 Å². The second kappa shape index (κ2) is 6.03. The quantitative estimate of drug-likeness (QED) is 0.798. The lowest BCUT2D eigenvalue weighted by atomic mass is 10.0. The van der Waals surface area contributed by atoms with E-state index in [2.05, 4.69) is 0 Å². The van der Waals surface area contributed by atoms with Gasteiger partial charge in [0.1, 0.15) is 6.61 Å². The Morgan fingerprint density at radius 1 is 1.14 bits per heavy atom.